The topological polar surface area (TPSA) is 53.2 Å². The molecule has 1 aromatic heterocycles. The van der Waals surface area contributed by atoms with Crippen molar-refractivity contribution in [3.8, 4) is 0 Å². The monoisotopic (exact) mass is 360 g/mol. The number of nitrogens with zero attached hydrogens (tertiary/aromatic N) is 1. The minimum Gasteiger partial charge on any atom is -0.358 e. The summed E-state index contributed by atoms with van der Waals surface area (Å²) in [5, 5.41) is 1.36. The highest BCUT2D eigenvalue weighted by molar-refractivity contribution is 7.89. The molecule has 0 saturated heterocycles. The molecule has 0 fully saturated rings. The van der Waals surface area contributed by atoms with Crippen LogP contribution in [0.2, 0.25) is 5.02 Å². The van der Waals surface area contributed by atoms with Crippen LogP contribution < -0.4 is 0 Å². The van der Waals surface area contributed by atoms with Crippen LogP contribution in [0.25, 0.3) is 10.9 Å². The number of sulfonamides is 1. The zero-order chi connectivity index (χ0) is 16.9. The number of aryl methyl sites for hydroxylation is 1. The maximum Gasteiger partial charge on any atom is 0.244 e. The summed E-state index contributed by atoms with van der Waals surface area (Å²) < 4.78 is 27.5. The second-order valence-corrected chi connectivity index (χ2v) is 8.46. The highest BCUT2D eigenvalue weighted by Gasteiger charge is 2.31. The third-order valence-electron chi connectivity index (χ3n) is 4.55. The Morgan fingerprint density at radius 3 is 2.75 bits per heavy atom. The molecule has 0 bridgehead atoms. The third-order valence-corrected chi connectivity index (χ3v) is 6.90. The van der Waals surface area contributed by atoms with Crippen molar-refractivity contribution < 1.29 is 8.42 Å². The van der Waals surface area contributed by atoms with Gasteiger partial charge in [0.05, 0.1) is 5.02 Å². The normalized spacial score (nSPS) is 15.6. The molecule has 4 nitrogen and oxygen atoms in total. The Hall–Kier alpha value is -1.82. The van der Waals surface area contributed by atoms with E-state index >= 15 is 0 Å². The van der Waals surface area contributed by atoms with Gasteiger partial charge in [-0.3, -0.25) is 0 Å². The van der Waals surface area contributed by atoms with Crippen LogP contribution in [0, 0.1) is 6.92 Å². The summed E-state index contributed by atoms with van der Waals surface area (Å²) in [6, 6.07) is 12.8. The van der Waals surface area contributed by atoms with Crippen molar-refractivity contribution in [1.82, 2.24) is 9.29 Å². The van der Waals surface area contributed by atoms with Gasteiger partial charge in [-0.05, 0) is 36.8 Å². The van der Waals surface area contributed by atoms with Gasteiger partial charge in [0.15, 0.2) is 0 Å². The van der Waals surface area contributed by atoms with E-state index < -0.39 is 10.0 Å². The van der Waals surface area contributed by atoms with Crippen LogP contribution in [0.4, 0.5) is 0 Å². The summed E-state index contributed by atoms with van der Waals surface area (Å²) in [5.41, 5.74) is 4.41. The first kappa shape index (κ1) is 15.7. The molecule has 2 heterocycles. The van der Waals surface area contributed by atoms with Crippen molar-refractivity contribution >= 4 is 32.5 Å². The lowest BCUT2D eigenvalue weighted by molar-refractivity contribution is 0.391. The standard InChI is InChI=1S/C18H17ClN2O2S/c1-12-6-7-16-13(10-12)14-11-21(9-8-17(14)20-16)24(22,23)18-5-3-2-4-15(18)19/h2-7,10,20H,8-9,11H2,1H3. The summed E-state index contributed by atoms with van der Waals surface area (Å²) in [7, 11) is -3.60. The van der Waals surface area contributed by atoms with Crippen LogP contribution in [-0.4, -0.2) is 24.3 Å². The van der Waals surface area contributed by atoms with Gasteiger partial charge < -0.3 is 4.98 Å². The molecule has 3 aromatic rings. The summed E-state index contributed by atoms with van der Waals surface area (Å²) in [5.74, 6) is 0. The lowest BCUT2D eigenvalue weighted by Crippen LogP contribution is -2.35. The van der Waals surface area contributed by atoms with Crippen molar-refractivity contribution in [2.75, 3.05) is 6.54 Å². The van der Waals surface area contributed by atoms with E-state index in [9.17, 15) is 8.42 Å². The Balaban J connectivity index is 1.78. The third kappa shape index (κ3) is 2.44. The summed E-state index contributed by atoms with van der Waals surface area (Å²) in [4.78, 5) is 3.59. The number of hydrogen-bond donors (Lipinski definition) is 1. The van der Waals surface area contributed by atoms with Crippen molar-refractivity contribution in [3.63, 3.8) is 0 Å². The van der Waals surface area contributed by atoms with Crippen molar-refractivity contribution in [1.29, 1.82) is 0 Å². The van der Waals surface area contributed by atoms with Crippen molar-refractivity contribution in [2.24, 2.45) is 0 Å². The molecule has 0 aliphatic carbocycles. The largest absolute Gasteiger partial charge is 0.358 e. The second-order valence-electron chi connectivity index (χ2n) is 6.15. The Morgan fingerprint density at radius 1 is 1.17 bits per heavy atom. The maximum absolute atomic E-state index is 13.0. The van der Waals surface area contributed by atoms with Crippen LogP contribution in [0.3, 0.4) is 0 Å². The highest BCUT2D eigenvalue weighted by atomic mass is 35.5. The molecule has 1 aliphatic heterocycles. The molecule has 0 unspecified atom stereocenters. The van der Waals surface area contributed by atoms with Gasteiger partial charge in [0.2, 0.25) is 10.0 Å². The SMILES string of the molecule is Cc1ccc2[nH]c3c(c2c1)CN(S(=O)(=O)c1ccccc1Cl)CC3. The molecule has 0 atom stereocenters. The summed E-state index contributed by atoms with van der Waals surface area (Å²) >= 11 is 6.11. The predicted octanol–water partition coefficient (Wildman–Crippen LogP) is 3.88. The van der Waals surface area contributed by atoms with E-state index in [0.29, 0.717) is 19.5 Å². The van der Waals surface area contributed by atoms with Crippen LogP contribution in [0.1, 0.15) is 16.8 Å². The molecule has 1 N–H and O–H groups in total. The van der Waals surface area contributed by atoms with Gasteiger partial charge in [0.1, 0.15) is 4.90 Å². The number of H-pyrrole nitrogens is 1. The maximum atomic E-state index is 13.0. The molecule has 2 aromatic carbocycles. The zero-order valence-electron chi connectivity index (χ0n) is 13.2. The first-order valence-electron chi connectivity index (χ1n) is 7.81. The number of halogens is 1. The van der Waals surface area contributed by atoms with Crippen LogP contribution in [0.15, 0.2) is 47.4 Å². The minimum atomic E-state index is -3.60. The molecule has 0 saturated carbocycles. The first-order chi connectivity index (χ1) is 11.5. The number of aromatic amines is 1. The number of benzene rings is 2. The van der Waals surface area contributed by atoms with Gasteiger partial charge in [0.25, 0.3) is 0 Å². The van der Waals surface area contributed by atoms with Crippen LogP contribution in [0.5, 0.6) is 0 Å². The molecule has 124 valence electrons. The Labute approximate surface area is 146 Å². The van der Waals surface area contributed by atoms with Gasteiger partial charge in [-0.25, -0.2) is 8.42 Å². The van der Waals surface area contributed by atoms with Crippen LogP contribution >= 0.6 is 11.6 Å². The Kier molecular flexibility index (Phi) is 3.67. The minimum absolute atomic E-state index is 0.172. The fourth-order valence-electron chi connectivity index (χ4n) is 3.30. The second kappa shape index (κ2) is 5.62. The fourth-order valence-corrected chi connectivity index (χ4v) is 5.20. The van der Waals surface area contributed by atoms with E-state index in [1.54, 1.807) is 24.3 Å². The lowest BCUT2D eigenvalue weighted by Gasteiger charge is -2.26. The molecule has 4 rings (SSSR count). The molecule has 1 aliphatic rings. The average Bonchev–Trinajstić information content (AvgIpc) is 2.92. The molecule has 0 radical (unpaired) electrons. The molecule has 0 spiro atoms. The lowest BCUT2D eigenvalue weighted by atomic mass is 10.0. The number of nitrogens with one attached hydrogen (secondary N) is 1. The van der Waals surface area contributed by atoms with E-state index in [1.165, 1.54) is 4.31 Å². The van der Waals surface area contributed by atoms with E-state index in [4.69, 9.17) is 11.6 Å². The van der Waals surface area contributed by atoms with Gasteiger partial charge in [0, 0.05) is 36.1 Å². The molecule has 6 heteroatoms. The van der Waals surface area contributed by atoms with E-state index in [2.05, 4.69) is 23.2 Å². The number of aromatic nitrogens is 1. The average molecular weight is 361 g/mol. The van der Waals surface area contributed by atoms with E-state index in [1.807, 2.05) is 6.92 Å². The number of fused-ring (bicyclic) bond motifs is 3. The smallest absolute Gasteiger partial charge is 0.244 e. The number of hydrogen-bond acceptors (Lipinski definition) is 2. The van der Waals surface area contributed by atoms with E-state index in [-0.39, 0.29) is 9.92 Å². The van der Waals surface area contributed by atoms with Gasteiger partial charge in [-0.2, -0.15) is 4.31 Å². The molecular weight excluding hydrogens is 344 g/mol. The quantitative estimate of drug-likeness (QED) is 0.754. The van der Waals surface area contributed by atoms with Crippen molar-refractivity contribution in [3.05, 3.63) is 64.3 Å². The first-order valence-corrected chi connectivity index (χ1v) is 9.63. The Bertz CT molecular complexity index is 1040. The van der Waals surface area contributed by atoms with Gasteiger partial charge in [-0.1, -0.05) is 35.4 Å². The van der Waals surface area contributed by atoms with Crippen LogP contribution in [-0.2, 0) is 23.0 Å². The highest BCUT2D eigenvalue weighted by Crippen LogP contribution is 2.32. The fraction of sp³-hybridized carbons (Fsp3) is 0.222. The van der Waals surface area contributed by atoms with Gasteiger partial charge >= 0.3 is 0 Å². The molecular formula is C18H17ClN2O2S. The summed E-state index contributed by atoms with van der Waals surface area (Å²) in [6.45, 7) is 2.86. The molecule has 0 amide bonds. The van der Waals surface area contributed by atoms with Gasteiger partial charge in [-0.15, -0.1) is 0 Å². The summed E-state index contributed by atoms with van der Waals surface area (Å²) in [6.07, 6.45) is 0.673. The van der Waals surface area contributed by atoms with Crippen molar-refractivity contribution in [2.45, 2.75) is 24.8 Å². The molecule has 24 heavy (non-hydrogen) atoms. The Morgan fingerprint density at radius 2 is 1.96 bits per heavy atom. The zero-order valence-corrected chi connectivity index (χ0v) is 14.8. The predicted molar refractivity (Wildman–Crippen MR) is 95.8 cm³/mol. The number of rotatable bonds is 2. The van der Waals surface area contributed by atoms with E-state index in [0.717, 1.165) is 27.7 Å².